The molecule has 0 atom stereocenters. The van der Waals surface area contributed by atoms with E-state index in [-0.39, 0.29) is 0 Å². The lowest BCUT2D eigenvalue weighted by molar-refractivity contribution is 0.393. The van der Waals surface area contributed by atoms with Gasteiger partial charge in [-0.2, -0.15) is 0 Å². The molecule has 0 aromatic carbocycles. The van der Waals surface area contributed by atoms with Gasteiger partial charge in [0.25, 0.3) is 0 Å². The molecule has 0 aliphatic heterocycles. The fourth-order valence-electron chi connectivity index (χ4n) is 2.81. The van der Waals surface area contributed by atoms with Gasteiger partial charge >= 0.3 is 0 Å². The zero-order valence-corrected chi connectivity index (χ0v) is 12.5. The van der Waals surface area contributed by atoms with E-state index in [9.17, 15) is 0 Å². The van der Waals surface area contributed by atoms with E-state index in [0.29, 0.717) is 6.04 Å². The van der Waals surface area contributed by atoms with E-state index in [4.69, 9.17) is 4.42 Å². The van der Waals surface area contributed by atoms with Gasteiger partial charge in [-0.15, -0.1) is 0 Å². The highest BCUT2D eigenvalue weighted by Gasteiger charge is 2.18. The zero-order valence-electron chi connectivity index (χ0n) is 12.5. The molecule has 1 aromatic rings. The first-order chi connectivity index (χ1) is 9.16. The van der Waals surface area contributed by atoms with E-state index in [2.05, 4.69) is 32.2 Å². The van der Waals surface area contributed by atoms with Crippen molar-refractivity contribution in [2.75, 3.05) is 6.54 Å². The molecule has 0 saturated heterocycles. The van der Waals surface area contributed by atoms with Crippen molar-refractivity contribution in [3.05, 3.63) is 29.2 Å². The van der Waals surface area contributed by atoms with Crippen molar-refractivity contribution >= 4 is 6.08 Å². The van der Waals surface area contributed by atoms with Crippen LogP contribution in [-0.4, -0.2) is 12.6 Å². The number of aryl methyl sites for hydroxylation is 1. The summed E-state index contributed by atoms with van der Waals surface area (Å²) in [5, 5.41) is 3.56. The first-order valence-corrected chi connectivity index (χ1v) is 7.64. The summed E-state index contributed by atoms with van der Waals surface area (Å²) >= 11 is 0. The smallest absolute Gasteiger partial charge is 0.129 e. The third-order valence-corrected chi connectivity index (χ3v) is 4.06. The maximum atomic E-state index is 5.59. The molecule has 106 valence electrons. The Hall–Kier alpha value is -1.02. The molecule has 1 aromatic heterocycles. The van der Waals surface area contributed by atoms with Crippen molar-refractivity contribution in [2.24, 2.45) is 5.92 Å². The third-order valence-electron chi connectivity index (χ3n) is 4.06. The van der Waals surface area contributed by atoms with Gasteiger partial charge in [0.15, 0.2) is 0 Å². The molecule has 19 heavy (non-hydrogen) atoms. The van der Waals surface area contributed by atoms with Crippen molar-refractivity contribution in [2.45, 2.75) is 58.9 Å². The lowest BCUT2D eigenvalue weighted by Gasteiger charge is -2.25. The van der Waals surface area contributed by atoms with Gasteiger partial charge in [-0.3, -0.25) is 0 Å². The molecule has 1 aliphatic carbocycles. The Balaban J connectivity index is 2.12. The van der Waals surface area contributed by atoms with Crippen molar-refractivity contribution in [3.8, 4) is 0 Å². The van der Waals surface area contributed by atoms with Gasteiger partial charge < -0.3 is 9.73 Å². The normalized spacial score (nSPS) is 18.2. The van der Waals surface area contributed by atoms with Crippen LogP contribution in [0.5, 0.6) is 0 Å². The second-order valence-corrected chi connectivity index (χ2v) is 6.06. The molecule has 2 heteroatoms. The van der Waals surface area contributed by atoms with Crippen LogP contribution >= 0.6 is 0 Å². The third kappa shape index (κ3) is 4.24. The largest absolute Gasteiger partial charge is 0.465 e. The molecule has 1 saturated carbocycles. The SMILES string of the molecule is Cc1ccoc1/C=C(/CNC(C)C)C1CCCCC1. The van der Waals surface area contributed by atoms with Crippen LogP contribution in [0.3, 0.4) is 0 Å². The molecule has 1 aliphatic rings. The highest BCUT2D eigenvalue weighted by molar-refractivity contribution is 5.52. The Kier molecular flexibility index (Phi) is 5.26. The number of hydrogen-bond donors (Lipinski definition) is 1. The second kappa shape index (κ2) is 6.95. The standard InChI is InChI=1S/C17H27NO/c1-13(2)18-12-16(15-7-5-4-6-8-15)11-17-14(3)9-10-19-17/h9-11,13,15,18H,4-8,12H2,1-3H3/b16-11-. The van der Waals surface area contributed by atoms with Gasteiger partial charge in [0.05, 0.1) is 6.26 Å². The van der Waals surface area contributed by atoms with Gasteiger partial charge in [0.1, 0.15) is 5.76 Å². The lowest BCUT2D eigenvalue weighted by Crippen LogP contribution is -2.27. The van der Waals surface area contributed by atoms with E-state index in [1.54, 1.807) is 6.26 Å². The second-order valence-electron chi connectivity index (χ2n) is 6.06. The predicted octanol–water partition coefficient (Wildman–Crippen LogP) is 4.55. The molecule has 1 heterocycles. The lowest BCUT2D eigenvalue weighted by atomic mass is 9.83. The maximum absolute atomic E-state index is 5.59. The molecule has 0 radical (unpaired) electrons. The summed E-state index contributed by atoms with van der Waals surface area (Å²) in [6.45, 7) is 7.51. The molecular formula is C17H27NO. The van der Waals surface area contributed by atoms with E-state index >= 15 is 0 Å². The fourth-order valence-corrected chi connectivity index (χ4v) is 2.81. The zero-order chi connectivity index (χ0) is 13.7. The first kappa shape index (κ1) is 14.4. The minimum Gasteiger partial charge on any atom is -0.465 e. The van der Waals surface area contributed by atoms with Crippen LogP contribution in [0, 0.1) is 12.8 Å². The Morgan fingerprint density at radius 1 is 1.37 bits per heavy atom. The number of hydrogen-bond acceptors (Lipinski definition) is 2. The molecular weight excluding hydrogens is 234 g/mol. The first-order valence-electron chi connectivity index (χ1n) is 7.64. The number of rotatable bonds is 5. The molecule has 0 unspecified atom stereocenters. The summed E-state index contributed by atoms with van der Waals surface area (Å²) < 4.78 is 5.59. The van der Waals surface area contributed by atoms with Crippen molar-refractivity contribution in [1.29, 1.82) is 0 Å². The van der Waals surface area contributed by atoms with Gasteiger partial charge in [-0.05, 0) is 49.0 Å². The average Bonchev–Trinajstić information content (AvgIpc) is 2.81. The van der Waals surface area contributed by atoms with Crippen molar-refractivity contribution in [3.63, 3.8) is 0 Å². The van der Waals surface area contributed by atoms with Crippen LogP contribution in [0.4, 0.5) is 0 Å². The summed E-state index contributed by atoms with van der Waals surface area (Å²) in [4.78, 5) is 0. The minimum atomic E-state index is 0.532. The van der Waals surface area contributed by atoms with Crippen LogP contribution in [-0.2, 0) is 0 Å². The monoisotopic (exact) mass is 261 g/mol. The minimum absolute atomic E-state index is 0.532. The highest BCUT2D eigenvalue weighted by Crippen LogP contribution is 2.31. The molecule has 1 fully saturated rings. The van der Waals surface area contributed by atoms with Crippen LogP contribution in [0.15, 0.2) is 22.3 Å². The number of furan rings is 1. The fraction of sp³-hybridized carbons (Fsp3) is 0.647. The van der Waals surface area contributed by atoms with Crippen LogP contribution in [0.25, 0.3) is 6.08 Å². The van der Waals surface area contributed by atoms with Gasteiger partial charge in [0, 0.05) is 12.6 Å². The number of nitrogens with one attached hydrogen (secondary N) is 1. The van der Waals surface area contributed by atoms with Crippen LogP contribution < -0.4 is 5.32 Å². The molecule has 1 N–H and O–H groups in total. The summed E-state index contributed by atoms with van der Waals surface area (Å²) in [6, 6.07) is 2.57. The molecule has 0 bridgehead atoms. The van der Waals surface area contributed by atoms with Crippen molar-refractivity contribution in [1.82, 2.24) is 5.32 Å². The Labute approximate surface area is 117 Å². The summed E-state index contributed by atoms with van der Waals surface area (Å²) in [5.41, 5.74) is 2.75. The topological polar surface area (TPSA) is 25.2 Å². The Morgan fingerprint density at radius 3 is 2.68 bits per heavy atom. The van der Waals surface area contributed by atoms with Gasteiger partial charge in [0.2, 0.25) is 0 Å². The Bertz CT molecular complexity index is 411. The van der Waals surface area contributed by atoms with Crippen molar-refractivity contribution < 1.29 is 4.42 Å². The van der Waals surface area contributed by atoms with Crippen LogP contribution in [0.1, 0.15) is 57.3 Å². The van der Waals surface area contributed by atoms with E-state index in [1.165, 1.54) is 43.2 Å². The van der Waals surface area contributed by atoms with E-state index in [0.717, 1.165) is 18.2 Å². The molecule has 0 amide bonds. The molecule has 0 spiro atoms. The molecule has 2 rings (SSSR count). The van der Waals surface area contributed by atoms with Gasteiger partial charge in [-0.1, -0.05) is 33.1 Å². The average molecular weight is 261 g/mol. The quantitative estimate of drug-likeness (QED) is 0.841. The highest BCUT2D eigenvalue weighted by atomic mass is 16.3. The van der Waals surface area contributed by atoms with E-state index < -0.39 is 0 Å². The van der Waals surface area contributed by atoms with E-state index in [1.807, 2.05) is 6.07 Å². The van der Waals surface area contributed by atoms with Crippen LogP contribution in [0.2, 0.25) is 0 Å². The maximum Gasteiger partial charge on any atom is 0.129 e. The van der Waals surface area contributed by atoms with Gasteiger partial charge in [-0.25, -0.2) is 0 Å². The Morgan fingerprint density at radius 2 is 2.11 bits per heavy atom. The molecule has 2 nitrogen and oxygen atoms in total. The summed E-state index contributed by atoms with van der Waals surface area (Å²) in [5.74, 6) is 1.77. The summed E-state index contributed by atoms with van der Waals surface area (Å²) in [6.07, 6.45) is 10.9. The summed E-state index contributed by atoms with van der Waals surface area (Å²) in [7, 11) is 0. The predicted molar refractivity (Wildman–Crippen MR) is 81.1 cm³/mol.